The van der Waals surface area contributed by atoms with E-state index < -0.39 is 15.6 Å². The van der Waals surface area contributed by atoms with Gasteiger partial charge in [0.2, 0.25) is 10.0 Å². The van der Waals surface area contributed by atoms with Gasteiger partial charge < -0.3 is 15.0 Å². The lowest BCUT2D eigenvalue weighted by atomic mass is 9.89. The lowest BCUT2D eigenvalue weighted by Crippen LogP contribution is -2.42. The Morgan fingerprint density at radius 2 is 2.00 bits per heavy atom. The molecule has 11 heteroatoms. The van der Waals surface area contributed by atoms with Crippen molar-refractivity contribution in [2.24, 2.45) is 0 Å². The van der Waals surface area contributed by atoms with Crippen LogP contribution in [0.4, 0.5) is 11.5 Å². The molecule has 172 valence electrons. The summed E-state index contributed by atoms with van der Waals surface area (Å²) >= 11 is 0. The molecule has 0 amide bonds. The summed E-state index contributed by atoms with van der Waals surface area (Å²) in [6, 6.07) is 10.4. The number of benzene rings is 1. The monoisotopic (exact) mass is 468 g/mol. The summed E-state index contributed by atoms with van der Waals surface area (Å²) in [5.74, 6) is 0.341. The van der Waals surface area contributed by atoms with Gasteiger partial charge >= 0.3 is 0 Å². The number of rotatable bonds is 6. The molecule has 33 heavy (non-hydrogen) atoms. The second kappa shape index (κ2) is 8.30. The zero-order chi connectivity index (χ0) is 23.1. The first kappa shape index (κ1) is 21.6. The maximum atomic E-state index is 12.7. The highest BCUT2D eigenvalue weighted by molar-refractivity contribution is 7.89. The zero-order valence-corrected chi connectivity index (χ0v) is 18.8. The van der Waals surface area contributed by atoms with E-state index in [9.17, 15) is 18.5 Å². The minimum atomic E-state index is -3.47. The van der Waals surface area contributed by atoms with Crippen LogP contribution in [0.5, 0.6) is 0 Å². The van der Waals surface area contributed by atoms with Crippen molar-refractivity contribution in [2.75, 3.05) is 31.6 Å². The number of fused-ring (bicyclic) bond motifs is 1. The molecule has 2 N–H and O–H groups in total. The largest absolute Gasteiger partial charge is 0.379 e. The number of H-pyrrole nitrogens is 1. The molecular formula is C22H24N6O4S. The molecule has 0 aliphatic carbocycles. The van der Waals surface area contributed by atoms with Gasteiger partial charge in [-0.1, -0.05) is 0 Å². The van der Waals surface area contributed by atoms with Crippen LogP contribution < -0.4 is 10.9 Å². The summed E-state index contributed by atoms with van der Waals surface area (Å²) in [5, 5.41) is 17.7. The molecule has 0 spiro atoms. The fourth-order valence-corrected chi connectivity index (χ4v) is 5.93. The topological polar surface area (TPSA) is 133 Å². The molecule has 0 unspecified atom stereocenters. The Morgan fingerprint density at radius 1 is 1.21 bits per heavy atom. The quantitative estimate of drug-likeness (QED) is 0.567. The Hall–Kier alpha value is -3.20. The van der Waals surface area contributed by atoms with Crippen LogP contribution in [0.15, 0.2) is 46.2 Å². The van der Waals surface area contributed by atoms with Crippen molar-refractivity contribution in [3.63, 3.8) is 0 Å². The average molecular weight is 469 g/mol. The van der Waals surface area contributed by atoms with Gasteiger partial charge in [-0.3, -0.25) is 9.48 Å². The molecule has 4 heterocycles. The Morgan fingerprint density at radius 3 is 2.64 bits per heavy atom. The smallest absolute Gasteiger partial charge is 0.261 e. The Labute approximate surface area is 190 Å². The highest BCUT2D eigenvalue weighted by Crippen LogP contribution is 2.35. The number of hydrogen-bond donors (Lipinski definition) is 2. The molecule has 2 fully saturated rings. The summed E-state index contributed by atoms with van der Waals surface area (Å²) in [7, 11) is -3.47. The van der Waals surface area contributed by atoms with E-state index in [-0.39, 0.29) is 16.9 Å². The third-order valence-electron chi connectivity index (χ3n) is 6.33. The molecular weight excluding hydrogens is 444 g/mol. The van der Waals surface area contributed by atoms with Crippen molar-refractivity contribution >= 4 is 32.4 Å². The van der Waals surface area contributed by atoms with E-state index in [0.717, 1.165) is 12.8 Å². The SMILES string of the molecule is N#CC[C@@]1(n2nc(Nc3ccc(S(=O)(=O)N4CCC4)cc3)c3c(=O)[nH]ccc32)CCCOC1. The van der Waals surface area contributed by atoms with Gasteiger partial charge in [-0.25, -0.2) is 8.42 Å². The second-order valence-corrected chi connectivity index (χ2v) is 10.4. The van der Waals surface area contributed by atoms with Crippen LogP contribution in [0.3, 0.4) is 0 Å². The first-order valence-electron chi connectivity index (χ1n) is 10.9. The molecule has 10 nitrogen and oxygen atoms in total. The van der Waals surface area contributed by atoms with Crippen molar-refractivity contribution in [1.29, 1.82) is 5.26 Å². The van der Waals surface area contributed by atoms with Gasteiger partial charge in [-0.2, -0.15) is 14.7 Å². The van der Waals surface area contributed by atoms with Crippen LogP contribution in [-0.4, -0.2) is 53.8 Å². The number of aromatic amines is 1. The number of sulfonamides is 1. The van der Waals surface area contributed by atoms with Crippen LogP contribution in [-0.2, 0) is 20.3 Å². The van der Waals surface area contributed by atoms with Gasteiger partial charge in [-0.05, 0) is 49.6 Å². The number of anilines is 2. The van der Waals surface area contributed by atoms with E-state index >= 15 is 0 Å². The number of aromatic nitrogens is 3. The molecule has 2 aromatic heterocycles. The Balaban J connectivity index is 1.53. The number of ether oxygens (including phenoxy) is 1. The standard InChI is InChI=1S/C22H24N6O4S/c23-10-9-22(8-1-14-32-15-22)28-18-7-11-24-21(29)19(18)20(26-28)25-16-3-5-17(6-4-16)33(30,31)27-12-2-13-27/h3-7,11H,1-2,8-9,12-15H2,(H,24,29)(H,25,26)/t22-/m0/s1. The minimum absolute atomic E-state index is 0.207. The lowest BCUT2D eigenvalue weighted by Gasteiger charge is -2.35. The van der Waals surface area contributed by atoms with Crippen LogP contribution >= 0.6 is 0 Å². The maximum absolute atomic E-state index is 12.7. The van der Waals surface area contributed by atoms with Crippen LogP contribution in [0, 0.1) is 11.3 Å². The first-order chi connectivity index (χ1) is 15.9. The fourth-order valence-electron chi connectivity index (χ4n) is 4.42. The van der Waals surface area contributed by atoms with Crippen LogP contribution in [0.25, 0.3) is 10.9 Å². The molecule has 5 rings (SSSR count). The zero-order valence-electron chi connectivity index (χ0n) is 18.0. The van der Waals surface area contributed by atoms with E-state index in [4.69, 9.17) is 9.84 Å². The van der Waals surface area contributed by atoms with Crippen molar-refractivity contribution in [2.45, 2.75) is 36.1 Å². The average Bonchev–Trinajstić information content (AvgIpc) is 3.14. The van der Waals surface area contributed by atoms with Gasteiger partial charge in [0.1, 0.15) is 5.39 Å². The number of nitriles is 1. The summed E-state index contributed by atoms with van der Waals surface area (Å²) in [5.41, 5.74) is 0.247. The normalized spacial score (nSPS) is 21.4. The Bertz CT molecular complexity index is 1380. The minimum Gasteiger partial charge on any atom is -0.379 e. The third kappa shape index (κ3) is 3.70. The van der Waals surface area contributed by atoms with Gasteiger partial charge in [0.25, 0.3) is 5.56 Å². The summed E-state index contributed by atoms with van der Waals surface area (Å²) < 4.78 is 34.1. The molecule has 1 atom stereocenters. The lowest BCUT2D eigenvalue weighted by molar-refractivity contribution is -0.00174. The number of pyridine rings is 1. The third-order valence-corrected chi connectivity index (χ3v) is 8.25. The predicted octanol–water partition coefficient (Wildman–Crippen LogP) is 2.28. The molecule has 2 aliphatic heterocycles. The molecule has 2 saturated heterocycles. The summed E-state index contributed by atoms with van der Waals surface area (Å²) in [6.45, 7) is 2.06. The van der Waals surface area contributed by atoms with Gasteiger partial charge in [-0.15, -0.1) is 0 Å². The Kier molecular flexibility index (Phi) is 5.44. The molecule has 0 radical (unpaired) electrons. The predicted molar refractivity (Wildman–Crippen MR) is 122 cm³/mol. The van der Waals surface area contributed by atoms with Crippen LogP contribution in [0.2, 0.25) is 0 Å². The van der Waals surface area contributed by atoms with E-state index in [1.165, 1.54) is 4.31 Å². The highest BCUT2D eigenvalue weighted by atomic mass is 32.2. The van der Waals surface area contributed by atoms with E-state index in [0.29, 0.717) is 55.1 Å². The second-order valence-electron chi connectivity index (χ2n) is 8.45. The maximum Gasteiger partial charge on any atom is 0.261 e. The van der Waals surface area contributed by atoms with Gasteiger partial charge in [0.15, 0.2) is 5.82 Å². The number of hydrogen-bond acceptors (Lipinski definition) is 7. The molecule has 1 aromatic carbocycles. The van der Waals surface area contributed by atoms with Crippen LogP contribution in [0.1, 0.15) is 25.7 Å². The van der Waals surface area contributed by atoms with E-state index in [1.807, 2.05) is 0 Å². The molecule has 0 bridgehead atoms. The van der Waals surface area contributed by atoms with Gasteiger partial charge in [0.05, 0.1) is 35.0 Å². The van der Waals surface area contributed by atoms with Crippen molar-refractivity contribution in [1.82, 2.24) is 19.1 Å². The first-order valence-corrected chi connectivity index (χ1v) is 12.3. The highest BCUT2D eigenvalue weighted by Gasteiger charge is 2.38. The van der Waals surface area contributed by atoms with E-state index in [2.05, 4.69) is 16.4 Å². The summed E-state index contributed by atoms with van der Waals surface area (Å²) in [6.07, 6.45) is 4.15. The van der Waals surface area contributed by atoms with Crippen molar-refractivity contribution in [3.8, 4) is 6.07 Å². The fraction of sp³-hybridized carbons (Fsp3) is 0.409. The molecule has 3 aromatic rings. The number of nitrogens with zero attached hydrogens (tertiary/aromatic N) is 4. The van der Waals surface area contributed by atoms with Crippen molar-refractivity contribution < 1.29 is 13.2 Å². The van der Waals surface area contributed by atoms with Crippen molar-refractivity contribution in [3.05, 3.63) is 46.9 Å². The number of nitrogens with one attached hydrogen (secondary N) is 2. The van der Waals surface area contributed by atoms with Gasteiger partial charge in [0, 0.05) is 31.6 Å². The molecule has 2 aliphatic rings. The molecule has 0 saturated carbocycles. The van der Waals surface area contributed by atoms with E-state index in [1.54, 1.807) is 41.2 Å². The summed E-state index contributed by atoms with van der Waals surface area (Å²) in [4.78, 5) is 15.6.